The molecule has 0 unspecified atom stereocenters. The molecule has 1 heterocycles. The highest BCUT2D eigenvalue weighted by molar-refractivity contribution is 7.26. The number of fused-ring (bicyclic) bond motifs is 3. The topological polar surface area (TPSA) is 0 Å². The van der Waals surface area contributed by atoms with E-state index in [4.69, 9.17) is 0 Å². The molecule has 0 fully saturated rings. The molecule has 5 aromatic rings. The number of rotatable bonds is 2. The smallest absolute Gasteiger partial charge is 0.0434 e. The third kappa shape index (κ3) is 2.36. The zero-order valence-corrected chi connectivity index (χ0v) is 15.4. The van der Waals surface area contributed by atoms with Gasteiger partial charge >= 0.3 is 0 Å². The zero-order chi connectivity index (χ0) is 17.5. The number of hydrogen-bond acceptors (Lipinski definition) is 1. The van der Waals surface area contributed by atoms with Crippen LogP contribution in [0.2, 0.25) is 0 Å². The summed E-state index contributed by atoms with van der Waals surface area (Å²) >= 11 is 1.89. The van der Waals surface area contributed by atoms with E-state index in [1.807, 2.05) is 11.3 Å². The standard InChI is InChI=1S/C25H18S/c1-17-9-7-13-20(24(17)18-10-3-2-4-11-18)22-15-8-14-21-19-12-5-6-16-23(19)26-25(21)22/h2-16H,1H3. The van der Waals surface area contributed by atoms with Crippen LogP contribution in [-0.2, 0) is 0 Å². The third-order valence-corrected chi connectivity index (χ3v) is 6.25. The van der Waals surface area contributed by atoms with Gasteiger partial charge in [-0.2, -0.15) is 0 Å². The Morgan fingerprint density at radius 3 is 2.15 bits per heavy atom. The van der Waals surface area contributed by atoms with E-state index in [9.17, 15) is 0 Å². The van der Waals surface area contributed by atoms with Crippen LogP contribution in [0.1, 0.15) is 5.56 Å². The van der Waals surface area contributed by atoms with E-state index in [1.54, 1.807) is 0 Å². The summed E-state index contributed by atoms with van der Waals surface area (Å²) in [7, 11) is 0. The molecule has 1 aromatic heterocycles. The summed E-state index contributed by atoms with van der Waals surface area (Å²) in [4.78, 5) is 0. The maximum atomic E-state index is 2.26. The van der Waals surface area contributed by atoms with Crippen molar-refractivity contribution in [2.45, 2.75) is 6.92 Å². The summed E-state index contributed by atoms with van der Waals surface area (Å²) in [6, 6.07) is 32.8. The van der Waals surface area contributed by atoms with E-state index in [0.717, 1.165) is 0 Å². The molecule has 5 rings (SSSR count). The number of aryl methyl sites for hydroxylation is 1. The molecule has 26 heavy (non-hydrogen) atoms. The molecular formula is C25H18S. The molecule has 0 aliphatic heterocycles. The zero-order valence-electron chi connectivity index (χ0n) is 14.6. The van der Waals surface area contributed by atoms with E-state index < -0.39 is 0 Å². The highest BCUT2D eigenvalue weighted by Gasteiger charge is 2.14. The minimum atomic E-state index is 1.28. The molecule has 0 aliphatic rings. The fraction of sp³-hybridized carbons (Fsp3) is 0.0400. The van der Waals surface area contributed by atoms with Crippen LogP contribution >= 0.6 is 11.3 Å². The quantitative estimate of drug-likeness (QED) is 0.306. The predicted molar refractivity (Wildman–Crippen MR) is 115 cm³/mol. The van der Waals surface area contributed by atoms with Gasteiger partial charge in [0.25, 0.3) is 0 Å². The molecule has 0 bridgehead atoms. The summed E-state index contributed by atoms with van der Waals surface area (Å²) in [5, 5.41) is 2.70. The molecular weight excluding hydrogens is 332 g/mol. The molecule has 0 spiro atoms. The summed E-state index contributed by atoms with van der Waals surface area (Å²) < 4.78 is 2.72. The van der Waals surface area contributed by atoms with Crippen LogP contribution in [0, 0.1) is 6.92 Å². The van der Waals surface area contributed by atoms with Gasteiger partial charge in [-0.25, -0.2) is 0 Å². The van der Waals surface area contributed by atoms with E-state index in [1.165, 1.54) is 48.0 Å². The van der Waals surface area contributed by atoms with Gasteiger partial charge in [0.15, 0.2) is 0 Å². The molecule has 0 amide bonds. The maximum Gasteiger partial charge on any atom is 0.0434 e. The average Bonchev–Trinajstić information content (AvgIpc) is 3.07. The van der Waals surface area contributed by atoms with Crippen molar-refractivity contribution in [2.24, 2.45) is 0 Å². The summed E-state index contributed by atoms with van der Waals surface area (Å²) in [6.45, 7) is 2.21. The first-order chi connectivity index (χ1) is 12.8. The SMILES string of the molecule is Cc1cccc(-c2cccc3c2sc2ccccc23)c1-c1ccccc1. The lowest BCUT2D eigenvalue weighted by molar-refractivity contribution is 1.46. The van der Waals surface area contributed by atoms with Crippen LogP contribution in [0.25, 0.3) is 42.4 Å². The summed E-state index contributed by atoms with van der Waals surface area (Å²) in [5.74, 6) is 0. The molecule has 1 heteroatoms. The largest absolute Gasteiger partial charge is 0.135 e. The van der Waals surface area contributed by atoms with E-state index in [-0.39, 0.29) is 0 Å². The molecule has 0 nitrogen and oxygen atoms in total. The van der Waals surface area contributed by atoms with Crippen LogP contribution in [0.3, 0.4) is 0 Å². The molecule has 4 aromatic carbocycles. The molecule has 0 atom stereocenters. The normalized spacial score (nSPS) is 11.3. The summed E-state index contributed by atoms with van der Waals surface area (Å²) in [6.07, 6.45) is 0. The molecule has 0 radical (unpaired) electrons. The monoisotopic (exact) mass is 350 g/mol. The van der Waals surface area contributed by atoms with Gasteiger partial charge in [0, 0.05) is 25.7 Å². The average molecular weight is 350 g/mol. The number of hydrogen-bond donors (Lipinski definition) is 0. The van der Waals surface area contributed by atoms with Crippen LogP contribution in [0.15, 0.2) is 91.0 Å². The Bertz CT molecular complexity index is 1230. The second-order valence-corrected chi connectivity index (χ2v) is 7.70. The lowest BCUT2D eigenvalue weighted by Gasteiger charge is -2.14. The Morgan fingerprint density at radius 2 is 1.27 bits per heavy atom. The number of benzene rings is 4. The van der Waals surface area contributed by atoms with Gasteiger partial charge in [-0.1, -0.05) is 84.9 Å². The van der Waals surface area contributed by atoms with Gasteiger partial charge in [-0.05, 0) is 35.2 Å². The Balaban J connectivity index is 1.86. The van der Waals surface area contributed by atoms with Crippen molar-refractivity contribution in [1.29, 1.82) is 0 Å². The fourth-order valence-corrected chi connectivity index (χ4v) is 5.07. The van der Waals surface area contributed by atoms with Crippen molar-refractivity contribution in [3.63, 3.8) is 0 Å². The Morgan fingerprint density at radius 1 is 0.577 bits per heavy atom. The maximum absolute atomic E-state index is 2.26. The minimum Gasteiger partial charge on any atom is -0.135 e. The molecule has 0 aliphatic carbocycles. The number of thiophene rings is 1. The van der Waals surface area contributed by atoms with Gasteiger partial charge < -0.3 is 0 Å². The fourth-order valence-electron chi connectivity index (χ4n) is 3.84. The van der Waals surface area contributed by atoms with Crippen molar-refractivity contribution in [3.8, 4) is 22.3 Å². The second-order valence-electron chi connectivity index (χ2n) is 6.64. The molecule has 124 valence electrons. The van der Waals surface area contributed by atoms with Crippen LogP contribution in [-0.4, -0.2) is 0 Å². The van der Waals surface area contributed by atoms with Gasteiger partial charge in [-0.15, -0.1) is 11.3 Å². The minimum absolute atomic E-state index is 1.28. The second kappa shape index (κ2) is 6.12. The van der Waals surface area contributed by atoms with Crippen molar-refractivity contribution < 1.29 is 0 Å². The predicted octanol–water partition coefficient (Wildman–Crippen LogP) is 7.70. The molecule has 0 saturated heterocycles. The van der Waals surface area contributed by atoms with E-state index in [2.05, 4.69) is 97.9 Å². The Kier molecular flexibility index (Phi) is 3.62. The van der Waals surface area contributed by atoms with Gasteiger partial charge in [-0.3, -0.25) is 0 Å². The van der Waals surface area contributed by atoms with Gasteiger partial charge in [0.1, 0.15) is 0 Å². The van der Waals surface area contributed by atoms with Gasteiger partial charge in [0.2, 0.25) is 0 Å². The Labute approximate surface area is 157 Å². The van der Waals surface area contributed by atoms with Crippen molar-refractivity contribution >= 4 is 31.5 Å². The summed E-state index contributed by atoms with van der Waals surface area (Å²) in [5.41, 5.74) is 6.56. The molecule has 0 N–H and O–H groups in total. The third-order valence-electron chi connectivity index (χ3n) is 5.03. The molecule has 0 saturated carbocycles. The first-order valence-corrected chi connectivity index (χ1v) is 9.70. The lowest BCUT2D eigenvalue weighted by atomic mass is 9.90. The van der Waals surface area contributed by atoms with Crippen molar-refractivity contribution in [1.82, 2.24) is 0 Å². The van der Waals surface area contributed by atoms with E-state index in [0.29, 0.717) is 0 Å². The van der Waals surface area contributed by atoms with Crippen molar-refractivity contribution in [3.05, 3.63) is 96.6 Å². The highest BCUT2D eigenvalue weighted by atomic mass is 32.1. The van der Waals surface area contributed by atoms with Crippen LogP contribution in [0.5, 0.6) is 0 Å². The lowest BCUT2D eigenvalue weighted by Crippen LogP contribution is -1.89. The first kappa shape index (κ1) is 15.4. The van der Waals surface area contributed by atoms with E-state index >= 15 is 0 Å². The first-order valence-electron chi connectivity index (χ1n) is 8.88. The highest BCUT2D eigenvalue weighted by Crippen LogP contribution is 2.43. The Hall–Kier alpha value is -2.90. The van der Waals surface area contributed by atoms with Crippen LogP contribution in [0.4, 0.5) is 0 Å². The van der Waals surface area contributed by atoms with Crippen molar-refractivity contribution in [2.75, 3.05) is 0 Å². The van der Waals surface area contributed by atoms with Gasteiger partial charge in [0.05, 0.1) is 0 Å². The van der Waals surface area contributed by atoms with Crippen LogP contribution < -0.4 is 0 Å².